The van der Waals surface area contributed by atoms with E-state index in [0.717, 1.165) is 10.5 Å². The Morgan fingerprint density at radius 2 is 1.85 bits per heavy atom. The average molecular weight is 488 g/mol. The minimum atomic E-state index is -3.70. The first-order valence-electron chi connectivity index (χ1n) is 11.2. The van der Waals surface area contributed by atoms with Crippen molar-refractivity contribution in [3.8, 4) is 0 Å². The number of thioether (sulfide) groups is 1. The predicted octanol–water partition coefficient (Wildman–Crippen LogP) is 3.57. The Morgan fingerprint density at radius 3 is 2.52 bits per heavy atom. The van der Waals surface area contributed by atoms with Crippen LogP contribution >= 0.6 is 11.8 Å². The zero-order chi connectivity index (χ0) is 23.6. The van der Waals surface area contributed by atoms with Crippen LogP contribution in [-0.4, -0.2) is 54.3 Å². The molecule has 0 spiro atoms. The second-order valence-electron chi connectivity index (χ2n) is 8.42. The number of piperidine rings is 1. The lowest BCUT2D eigenvalue weighted by atomic mass is 9.96. The van der Waals surface area contributed by atoms with Crippen molar-refractivity contribution in [3.63, 3.8) is 0 Å². The van der Waals surface area contributed by atoms with E-state index >= 15 is 0 Å². The van der Waals surface area contributed by atoms with Crippen molar-refractivity contribution >= 4 is 39.3 Å². The SMILES string of the molecule is CCN(Cc1ccccc1)C(=O)C1CCN(S(=O)(=O)c2ccc3c(c2)NC(=O)C(C)S3)CC1. The van der Waals surface area contributed by atoms with Gasteiger partial charge in [-0.05, 0) is 50.5 Å². The Morgan fingerprint density at radius 1 is 1.15 bits per heavy atom. The number of carbonyl (C=O) groups excluding carboxylic acids is 2. The Balaban J connectivity index is 1.41. The van der Waals surface area contributed by atoms with Gasteiger partial charge in [0.2, 0.25) is 21.8 Å². The molecule has 1 N–H and O–H groups in total. The summed E-state index contributed by atoms with van der Waals surface area (Å²) >= 11 is 1.42. The number of rotatable bonds is 6. The van der Waals surface area contributed by atoms with Crippen molar-refractivity contribution in [2.75, 3.05) is 25.0 Å². The van der Waals surface area contributed by atoms with Gasteiger partial charge in [0.15, 0.2) is 0 Å². The molecule has 2 heterocycles. The molecule has 2 aromatic carbocycles. The summed E-state index contributed by atoms with van der Waals surface area (Å²) in [7, 11) is -3.70. The molecule has 1 fully saturated rings. The normalized spacial score (nSPS) is 19.6. The molecule has 0 bridgehead atoms. The van der Waals surface area contributed by atoms with E-state index in [4.69, 9.17) is 0 Å². The molecule has 176 valence electrons. The molecule has 0 saturated carbocycles. The molecule has 0 radical (unpaired) electrons. The molecule has 1 saturated heterocycles. The van der Waals surface area contributed by atoms with Crippen LogP contribution in [0.5, 0.6) is 0 Å². The minimum absolute atomic E-state index is 0.0843. The van der Waals surface area contributed by atoms with Gasteiger partial charge in [-0.2, -0.15) is 4.31 Å². The van der Waals surface area contributed by atoms with E-state index < -0.39 is 10.0 Å². The molecular weight excluding hydrogens is 458 g/mol. The largest absolute Gasteiger partial charge is 0.338 e. The van der Waals surface area contributed by atoms with Crippen molar-refractivity contribution in [1.29, 1.82) is 0 Å². The molecule has 7 nitrogen and oxygen atoms in total. The van der Waals surface area contributed by atoms with E-state index in [2.05, 4.69) is 5.32 Å². The van der Waals surface area contributed by atoms with Crippen LogP contribution in [0.25, 0.3) is 0 Å². The third-order valence-corrected chi connectivity index (χ3v) is 9.30. The number of nitrogens with one attached hydrogen (secondary N) is 1. The number of hydrogen-bond donors (Lipinski definition) is 1. The van der Waals surface area contributed by atoms with Crippen LogP contribution < -0.4 is 5.32 Å². The molecule has 2 amide bonds. The van der Waals surface area contributed by atoms with Gasteiger partial charge >= 0.3 is 0 Å². The van der Waals surface area contributed by atoms with Crippen LogP contribution in [-0.2, 0) is 26.2 Å². The molecule has 9 heteroatoms. The maximum atomic E-state index is 13.2. The molecule has 2 aliphatic heterocycles. The average Bonchev–Trinajstić information content (AvgIpc) is 2.83. The van der Waals surface area contributed by atoms with Gasteiger partial charge in [0.1, 0.15) is 0 Å². The van der Waals surface area contributed by atoms with Gasteiger partial charge < -0.3 is 10.2 Å². The van der Waals surface area contributed by atoms with Crippen molar-refractivity contribution in [2.24, 2.45) is 5.92 Å². The zero-order valence-electron chi connectivity index (χ0n) is 18.9. The first kappa shape index (κ1) is 23.8. The summed E-state index contributed by atoms with van der Waals surface area (Å²) in [5.74, 6) is -0.223. The molecule has 4 rings (SSSR count). The highest BCUT2D eigenvalue weighted by molar-refractivity contribution is 8.01. The highest BCUT2D eigenvalue weighted by Gasteiger charge is 2.34. The Bertz CT molecular complexity index is 1130. The van der Waals surface area contributed by atoms with Crippen molar-refractivity contribution in [1.82, 2.24) is 9.21 Å². The van der Waals surface area contributed by atoms with Crippen LogP contribution in [0.2, 0.25) is 0 Å². The summed E-state index contributed by atoms with van der Waals surface area (Å²) in [5, 5.41) is 2.59. The number of sulfonamides is 1. The molecule has 1 unspecified atom stereocenters. The van der Waals surface area contributed by atoms with Crippen LogP contribution in [0.3, 0.4) is 0 Å². The molecule has 33 heavy (non-hydrogen) atoms. The third kappa shape index (κ3) is 5.10. The van der Waals surface area contributed by atoms with E-state index in [1.165, 1.54) is 22.1 Å². The van der Waals surface area contributed by atoms with Crippen molar-refractivity contribution in [2.45, 2.75) is 48.3 Å². The van der Waals surface area contributed by atoms with Gasteiger partial charge in [-0.1, -0.05) is 30.3 Å². The van der Waals surface area contributed by atoms with Gasteiger partial charge in [-0.15, -0.1) is 11.8 Å². The highest BCUT2D eigenvalue weighted by Crippen LogP contribution is 2.37. The second kappa shape index (κ2) is 9.87. The van der Waals surface area contributed by atoms with Gasteiger partial charge in [-0.25, -0.2) is 8.42 Å². The van der Waals surface area contributed by atoms with Crippen LogP contribution in [0.1, 0.15) is 32.3 Å². The standard InChI is InChI=1S/C24H29N3O4S2/c1-3-26(16-18-7-5-4-6-8-18)24(29)19-11-13-27(14-12-19)33(30,31)20-9-10-22-21(15-20)25-23(28)17(2)32-22/h4-10,15,17,19H,3,11-14,16H2,1-2H3,(H,25,28). The van der Waals surface area contributed by atoms with E-state index in [-0.39, 0.29) is 27.9 Å². The highest BCUT2D eigenvalue weighted by atomic mass is 32.2. The van der Waals surface area contributed by atoms with E-state index in [9.17, 15) is 18.0 Å². The number of anilines is 1. The molecule has 0 aliphatic carbocycles. The van der Waals surface area contributed by atoms with Gasteiger partial charge in [0.05, 0.1) is 15.8 Å². The molecule has 1 atom stereocenters. The summed E-state index contributed by atoms with van der Waals surface area (Å²) in [6, 6.07) is 14.8. The predicted molar refractivity (Wildman–Crippen MR) is 129 cm³/mol. The zero-order valence-corrected chi connectivity index (χ0v) is 20.5. The number of carbonyl (C=O) groups is 2. The number of benzene rings is 2. The third-order valence-electron chi connectivity index (χ3n) is 6.23. The summed E-state index contributed by atoms with van der Waals surface area (Å²) < 4.78 is 27.9. The second-order valence-corrected chi connectivity index (χ2v) is 11.7. The van der Waals surface area contributed by atoms with Gasteiger partial charge in [-0.3, -0.25) is 9.59 Å². The first-order valence-corrected chi connectivity index (χ1v) is 13.6. The van der Waals surface area contributed by atoms with Crippen molar-refractivity contribution < 1.29 is 18.0 Å². The first-order chi connectivity index (χ1) is 15.8. The number of hydrogen-bond acceptors (Lipinski definition) is 5. The number of fused-ring (bicyclic) bond motifs is 1. The fraction of sp³-hybridized carbons (Fsp3) is 0.417. The lowest BCUT2D eigenvalue weighted by molar-refractivity contribution is -0.137. The maximum Gasteiger partial charge on any atom is 0.243 e. The summed E-state index contributed by atoms with van der Waals surface area (Å²) in [6.07, 6.45) is 0.997. The lowest BCUT2D eigenvalue weighted by Gasteiger charge is -2.33. The summed E-state index contributed by atoms with van der Waals surface area (Å²) in [6.45, 7) is 5.57. The fourth-order valence-corrected chi connectivity index (χ4v) is 6.67. The number of amides is 2. The topological polar surface area (TPSA) is 86.8 Å². The van der Waals surface area contributed by atoms with Crippen LogP contribution in [0.4, 0.5) is 5.69 Å². The number of nitrogens with zero attached hydrogens (tertiary/aromatic N) is 2. The summed E-state index contributed by atoms with van der Waals surface area (Å²) in [4.78, 5) is 28.0. The Labute approximate surface area is 199 Å². The van der Waals surface area contributed by atoms with E-state index in [1.54, 1.807) is 12.1 Å². The smallest absolute Gasteiger partial charge is 0.243 e. The Kier molecular flexibility index (Phi) is 7.11. The molecule has 0 aromatic heterocycles. The quantitative estimate of drug-likeness (QED) is 0.673. The molecular formula is C24H29N3O4S2. The van der Waals surface area contributed by atoms with Crippen molar-refractivity contribution in [3.05, 3.63) is 54.1 Å². The minimum Gasteiger partial charge on any atom is -0.338 e. The van der Waals surface area contributed by atoms with Gasteiger partial charge in [0, 0.05) is 37.0 Å². The Hall–Kier alpha value is -2.36. The maximum absolute atomic E-state index is 13.2. The van der Waals surface area contributed by atoms with E-state index in [1.807, 2.05) is 49.1 Å². The molecule has 2 aliphatic rings. The van der Waals surface area contributed by atoms with E-state index in [0.29, 0.717) is 44.7 Å². The van der Waals surface area contributed by atoms with Crippen LogP contribution in [0, 0.1) is 5.92 Å². The fourth-order valence-electron chi connectivity index (χ4n) is 4.25. The van der Waals surface area contributed by atoms with Gasteiger partial charge in [0.25, 0.3) is 0 Å². The summed E-state index contributed by atoms with van der Waals surface area (Å²) in [5.41, 5.74) is 1.62. The molecule has 2 aromatic rings. The van der Waals surface area contributed by atoms with Crippen LogP contribution in [0.15, 0.2) is 58.3 Å². The lowest BCUT2D eigenvalue weighted by Crippen LogP contribution is -2.44. The monoisotopic (exact) mass is 487 g/mol.